The van der Waals surface area contributed by atoms with Gasteiger partial charge in [-0.2, -0.15) is 0 Å². The number of ether oxygens (including phenoxy) is 1. The van der Waals surface area contributed by atoms with Crippen molar-refractivity contribution in [1.82, 2.24) is 30.8 Å². The van der Waals surface area contributed by atoms with Gasteiger partial charge in [0.1, 0.15) is 12.3 Å². The number of rotatable bonds is 9. The van der Waals surface area contributed by atoms with E-state index in [4.69, 9.17) is 9.26 Å². The van der Waals surface area contributed by atoms with Crippen molar-refractivity contribution in [3.05, 3.63) is 54.0 Å². The Morgan fingerprint density at radius 2 is 2.06 bits per heavy atom. The van der Waals surface area contributed by atoms with Gasteiger partial charge in [0.2, 0.25) is 0 Å². The predicted octanol–water partition coefficient (Wildman–Crippen LogP) is 3.09. The summed E-state index contributed by atoms with van der Waals surface area (Å²) in [7, 11) is 0. The second-order valence-electron chi connectivity index (χ2n) is 7.78. The standard InChI is InChI=1S/C22H26N6O4/c1-2-3-9-23-22(30)31-14-17-13-28(27-25-17)18-10-16(11-18)24-21(29)19-12-20(32-26-19)15-7-5-4-6-8-15/h4-8,12-13,16,18H,2-3,9-11,14H2,1H3,(H,23,30)(H,24,29). The largest absolute Gasteiger partial charge is 0.443 e. The van der Waals surface area contributed by atoms with E-state index in [9.17, 15) is 9.59 Å². The van der Waals surface area contributed by atoms with Crippen LogP contribution in [0.5, 0.6) is 0 Å². The Hall–Kier alpha value is -3.69. The van der Waals surface area contributed by atoms with Crippen molar-refractivity contribution in [2.24, 2.45) is 0 Å². The molecule has 10 heteroatoms. The number of unbranched alkanes of at least 4 members (excludes halogenated alkanes) is 1. The summed E-state index contributed by atoms with van der Waals surface area (Å²) in [4.78, 5) is 24.1. The summed E-state index contributed by atoms with van der Waals surface area (Å²) >= 11 is 0. The molecule has 3 aromatic rings. The maximum Gasteiger partial charge on any atom is 0.407 e. The first-order chi connectivity index (χ1) is 15.6. The van der Waals surface area contributed by atoms with Crippen molar-refractivity contribution in [3.63, 3.8) is 0 Å². The molecule has 1 aliphatic carbocycles. The highest BCUT2D eigenvalue weighted by molar-refractivity contribution is 5.93. The number of amides is 2. The summed E-state index contributed by atoms with van der Waals surface area (Å²) in [6.45, 7) is 2.72. The van der Waals surface area contributed by atoms with Gasteiger partial charge in [0.05, 0.1) is 12.2 Å². The van der Waals surface area contributed by atoms with E-state index >= 15 is 0 Å². The summed E-state index contributed by atoms with van der Waals surface area (Å²) in [5.41, 5.74) is 1.70. The summed E-state index contributed by atoms with van der Waals surface area (Å²) in [6.07, 6.45) is 4.70. The fraction of sp³-hybridized carbons (Fsp3) is 0.409. The van der Waals surface area contributed by atoms with Crippen LogP contribution in [-0.2, 0) is 11.3 Å². The van der Waals surface area contributed by atoms with Crippen molar-refractivity contribution in [1.29, 1.82) is 0 Å². The molecule has 168 valence electrons. The second kappa shape index (κ2) is 10.1. The molecule has 2 amide bonds. The number of alkyl carbamates (subject to hydrolysis) is 1. The zero-order valence-electron chi connectivity index (χ0n) is 17.9. The summed E-state index contributed by atoms with van der Waals surface area (Å²) in [6, 6.07) is 11.3. The van der Waals surface area contributed by atoms with E-state index in [1.54, 1.807) is 16.9 Å². The van der Waals surface area contributed by atoms with Gasteiger partial charge in [-0.25, -0.2) is 9.48 Å². The molecule has 1 aliphatic rings. The van der Waals surface area contributed by atoms with Crippen molar-refractivity contribution in [3.8, 4) is 11.3 Å². The van der Waals surface area contributed by atoms with Crippen molar-refractivity contribution in [2.75, 3.05) is 6.54 Å². The quantitative estimate of drug-likeness (QED) is 0.492. The second-order valence-corrected chi connectivity index (χ2v) is 7.78. The van der Waals surface area contributed by atoms with Crippen LogP contribution in [-0.4, -0.2) is 44.7 Å². The van der Waals surface area contributed by atoms with Crippen LogP contribution in [0.15, 0.2) is 47.1 Å². The molecule has 0 unspecified atom stereocenters. The molecule has 2 heterocycles. The number of hydrogen-bond donors (Lipinski definition) is 2. The van der Waals surface area contributed by atoms with Crippen LogP contribution < -0.4 is 10.6 Å². The van der Waals surface area contributed by atoms with Gasteiger partial charge in [0.25, 0.3) is 5.91 Å². The maximum absolute atomic E-state index is 12.5. The van der Waals surface area contributed by atoms with Crippen LogP contribution in [0.2, 0.25) is 0 Å². The number of nitrogens with one attached hydrogen (secondary N) is 2. The van der Waals surface area contributed by atoms with Crippen molar-refractivity contribution in [2.45, 2.75) is 51.3 Å². The van der Waals surface area contributed by atoms with E-state index in [0.29, 0.717) is 18.0 Å². The summed E-state index contributed by atoms with van der Waals surface area (Å²) in [5, 5.41) is 17.7. The Labute approximate surface area is 185 Å². The zero-order valence-corrected chi connectivity index (χ0v) is 17.9. The molecular formula is C22H26N6O4. The lowest BCUT2D eigenvalue weighted by Crippen LogP contribution is -2.45. The van der Waals surface area contributed by atoms with Gasteiger partial charge in [-0.15, -0.1) is 5.10 Å². The van der Waals surface area contributed by atoms with Crippen molar-refractivity contribution >= 4 is 12.0 Å². The molecule has 10 nitrogen and oxygen atoms in total. The summed E-state index contributed by atoms with van der Waals surface area (Å²) in [5.74, 6) is 0.291. The summed E-state index contributed by atoms with van der Waals surface area (Å²) < 4.78 is 12.2. The lowest BCUT2D eigenvalue weighted by Gasteiger charge is -2.35. The van der Waals surface area contributed by atoms with Crippen LogP contribution in [0.3, 0.4) is 0 Å². The van der Waals surface area contributed by atoms with Crippen LogP contribution in [0.4, 0.5) is 4.79 Å². The minimum atomic E-state index is -0.456. The topological polar surface area (TPSA) is 124 Å². The number of aromatic nitrogens is 4. The molecule has 0 atom stereocenters. The van der Waals surface area contributed by atoms with Gasteiger partial charge < -0.3 is 19.9 Å². The van der Waals surface area contributed by atoms with E-state index in [1.807, 2.05) is 30.3 Å². The van der Waals surface area contributed by atoms with Gasteiger partial charge in [-0.1, -0.05) is 54.0 Å². The molecular weight excluding hydrogens is 412 g/mol. The Kier molecular flexibility index (Phi) is 6.78. The van der Waals surface area contributed by atoms with E-state index < -0.39 is 6.09 Å². The third-order valence-electron chi connectivity index (χ3n) is 5.33. The number of hydrogen-bond acceptors (Lipinski definition) is 7. The highest BCUT2D eigenvalue weighted by Gasteiger charge is 2.33. The molecule has 1 aromatic carbocycles. The molecule has 0 radical (unpaired) electrons. The molecule has 0 aliphatic heterocycles. The molecule has 2 N–H and O–H groups in total. The Morgan fingerprint density at radius 1 is 1.25 bits per heavy atom. The average Bonchev–Trinajstić information content (AvgIpc) is 3.45. The van der Waals surface area contributed by atoms with Gasteiger partial charge in [-0.3, -0.25) is 4.79 Å². The van der Waals surface area contributed by atoms with Crippen LogP contribution in [0.25, 0.3) is 11.3 Å². The van der Waals surface area contributed by atoms with Gasteiger partial charge in [0.15, 0.2) is 11.5 Å². The molecule has 0 saturated heterocycles. The van der Waals surface area contributed by atoms with Gasteiger partial charge >= 0.3 is 6.09 Å². The minimum Gasteiger partial charge on any atom is -0.443 e. The van der Waals surface area contributed by atoms with E-state index in [-0.39, 0.29) is 30.3 Å². The third-order valence-corrected chi connectivity index (χ3v) is 5.33. The fourth-order valence-electron chi connectivity index (χ4n) is 3.42. The highest BCUT2D eigenvalue weighted by Crippen LogP contribution is 2.32. The van der Waals surface area contributed by atoms with Gasteiger partial charge in [0, 0.05) is 24.2 Å². The lowest BCUT2D eigenvalue weighted by molar-refractivity contribution is 0.0878. The molecule has 1 fully saturated rings. The highest BCUT2D eigenvalue weighted by atomic mass is 16.5. The monoisotopic (exact) mass is 438 g/mol. The normalized spacial score (nSPS) is 17.4. The Balaban J connectivity index is 1.21. The van der Waals surface area contributed by atoms with Crippen molar-refractivity contribution < 1.29 is 18.8 Å². The molecule has 0 bridgehead atoms. The average molecular weight is 438 g/mol. The number of nitrogens with zero attached hydrogens (tertiary/aromatic N) is 4. The first-order valence-electron chi connectivity index (χ1n) is 10.8. The Morgan fingerprint density at radius 3 is 2.84 bits per heavy atom. The predicted molar refractivity (Wildman–Crippen MR) is 115 cm³/mol. The molecule has 4 rings (SSSR count). The molecule has 2 aromatic heterocycles. The van der Waals surface area contributed by atoms with E-state index in [2.05, 4.69) is 33.0 Å². The fourth-order valence-corrected chi connectivity index (χ4v) is 3.42. The first kappa shape index (κ1) is 21.5. The maximum atomic E-state index is 12.5. The lowest BCUT2D eigenvalue weighted by atomic mass is 9.87. The van der Waals surface area contributed by atoms with E-state index in [1.165, 1.54) is 0 Å². The third kappa shape index (κ3) is 5.32. The van der Waals surface area contributed by atoms with E-state index in [0.717, 1.165) is 31.2 Å². The van der Waals surface area contributed by atoms with Gasteiger partial charge in [-0.05, 0) is 19.3 Å². The molecule has 0 spiro atoms. The number of carbonyl (C=O) groups is 2. The molecule has 1 saturated carbocycles. The smallest absolute Gasteiger partial charge is 0.407 e. The first-order valence-corrected chi connectivity index (χ1v) is 10.8. The molecule has 32 heavy (non-hydrogen) atoms. The van der Waals surface area contributed by atoms with Crippen LogP contribution in [0, 0.1) is 0 Å². The Bertz CT molecular complexity index is 1040. The van der Waals surface area contributed by atoms with Crippen LogP contribution in [0.1, 0.15) is 54.8 Å². The SMILES string of the molecule is CCCCNC(=O)OCc1cn(C2CC(NC(=O)c3cc(-c4ccccc4)on3)C2)nn1. The number of carbonyl (C=O) groups excluding carboxylic acids is 2. The number of benzene rings is 1. The minimum absolute atomic E-state index is 0.0256. The zero-order chi connectivity index (χ0) is 22.3. The van der Waals surface area contributed by atoms with Crippen LogP contribution >= 0.6 is 0 Å².